The van der Waals surface area contributed by atoms with E-state index in [0.29, 0.717) is 18.8 Å². The maximum atomic E-state index is 15.7. The lowest BCUT2D eigenvalue weighted by Crippen LogP contribution is -2.48. The molecule has 3 aliphatic carbocycles. The number of phenols is 1. The van der Waals surface area contributed by atoms with Crippen molar-refractivity contribution in [3.8, 4) is 5.75 Å². The van der Waals surface area contributed by atoms with Gasteiger partial charge in [0.05, 0.1) is 6.10 Å². The highest BCUT2D eigenvalue weighted by Crippen LogP contribution is 2.64. The maximum Gasteiger partial charge on any atom is 0.115 e. The first-order valence-corrected chi connectivity index (χ1v) is 10.2. The van der Waals surface area contributed by atoms with E-state index in [2.05, 4.69) is 31.2 Å². The van der Waals surface area contributed by atoms with Crippen LogP contribution in [0.25, 0.3) is 0 Å². The van der Waals surface area contributed by atoms with E-state index < -0.39 is 6.17 Å². The van der Waals surface area contributed by atoms with E-state index in [9.17, 15) is 10.2 Å². The zero-order chi connectivity index (χ0) is 18.8. The Balaban J connectivity index is 1.68. The minimum Gasteiger partial charge on any atom is -0.508 e. The van der Waals surface area contributed by atoms with E-state index in [1.54, 1.807) is 6.07 Å². The first-order valence-electron chi connectivity index (χ1n) is 10.2. The van der Waals surface area contributed by atoms with Crippen LogP contribution in [0.3, 0.4) is 0 Å². The molecule has 0 heterocycles. The second-order valence-corrected chi connectivity index (χ2v) is 9.28. The summed E-state index contributed by atoms with van der Waals surface area (Å²) in [6, 6.07) is 15.9. The Bertz CT molecular complexity index is 851. The first-order chi connectivity index (χ1) is 13.0. The average molecular weight is 366 g/mol. The van der Waals surface area contributed by atoms with Gasteiger partial charge in [0.1, 0.15) is 11.9 Å². The lowest BCUT2D eigenvalue weighted by atomic mass is 9.51. The highest BCUT2D eigenvalue weighted by atomic mass is 19.1. The number of hydrogen-bond acceptors (Lipinski definition) is 2. The van der Waals surface area contributed by atoms with Crippen molar-refractivity contribution in [1.82, 2.24) is 0 Å². The van der Waals surface area contributed by atoms with E-state index in [1.807, 2.05) is 18.2 Å². The first kappa shape index (κ1) is 17.2. The molecule has 0 aliphatic heterocycles. The smallest absolute Gasteiger partial charge is 0.115 e. The van der Waals surface area contributed by atoms with Gasteiger partial charge in [-0.15, -0.1) is 0 Å². The summed E-state index contributed by atoms with van der Waals surface area (Å²) in [6.07, 6.45) is 1.62. The maximum absolute atomic E-state index is 15.7. The van der Waals surface area contributed by atoms with Gasteiger partial charge >= 0.3 is 0 Å². The minimum absolute atomic E-state index is 0.124. The van der Waals surface area contributed by atoms with Crippen LogP contribution in [0.2, 0.25) is 0 Å². The number of aliphatic hydroxyl groups is 1. The third-order valence-corrected chi connectivity index (χ3v) is 7.67. The monoisotopic (exact) mass is 366 g/mol. The van der Waals surface area contributed by atoms with Gasteiger partial charge in [0.15, 0.2) is 0 Å². The summed E-state index contributed by atoms with van der Waals surface area (Å²) in [6.45, 7) is 2.19. The van der Waals surface area contributed by atoms with Crippen LogP contribution < -0.4 is 0 Å². The van der Waals surface area contributed by atoms with E-state index in [4.69, 9.17) is 0 Å². The van der Waals surface area contributed by atoms with Gasteiger partial charge in [0, 0.05) is 5.92 Å². The van der Waals surface area contributed by atoms with Crippen LogP contribution in [0.15, 0.2) is 48.5 Å². The number of fused-ring (bicyclic) bond motifs is 5. The van der Waals surface area contributed by atoms with Crippen molar-refractivity contribution in [2.24, 2.45) is 17.3 Å². The van der Waals surface area contributed by atoms with Crippen molar-refractivity contribution in [1.29, 1.82) is 0 Å². The zero-order valence-corrected chi connectivity index (χ0v) is 15.7. The SMILES string of the molecule is C[C@@]12C[C@H](O)C[C@H]1[C@H]1[C@@H](c3ccc(O)cc3C[C@H]1c1ccccc1)[C@H](F)C2. The molecule has 0 spiro atoms. The molecule has 2 nitrogen and oxygen atoms in total. The Kier molecular flexibility index (Phi) is 3.87. The molecule has 27 heavy (non-hydrogen) atoms. The molecule has 2 fully saturated rings. The zero-order valence-electron chi connectivity index (χ0n) is 15.7. The molecular weight excluding hydrogens is 339 g/mol. The summed E-state index contributed by atoms with van der Waals surface area (Å²) in [5.74, 6) is 0.847. The van der Waals surface area contributed by atoms with Crippen LogP contribution in [-0.4, -0.2) is 22.5 Å². The van der Waals surface area contributed by atoms with E-state index >= 15 is 4.39 Å². The molecule has 142 valence electrons. The second kappa shape index (κ2) is 6.07. The van der Waals surface area contributed by atoms with Crippen molar-refractivity contribution in [3.63, 3.8) is 0 Å². The lowest BCUT2D eigenvalue weighted by molar-refractivity contribution is -0.00822. The summed E-state index contributed by atoms with van der Waals surface area (Å²) >= 11 is 0. The van der Waals surface area contributed by atoms with Crippen molar-refractivity contribution >= 4 is 0 Å². The number of halogens is 1. The van der Waals surface area contributed by atoms with Gasteiger partial charge in [-0.1, -0.05) is 43.3 Å². The summed E-state index contributed by atoms with van der Waals surface area (Å²) in [5, 5.41) is 20.4. The van der Waals surface area contributed by atoms with Gasteiger partial charge in [0.2, 0.25) is 0 Å². The fraction of sp³-hybridized carbons (Fsp3) is 0.500. The molecule has 2 N–H and O–H groups in total. The van der Waals surface area contributed by atoms with Crippen LogP contribution in [0, 0.1) is 17.3 Å². The predicted octanol–water partition coefficient (Wildman–Crippen LogP) is 4.95. The van der Waals surface area contributed by atoms with Crippen molar-refractivity contribution in [3.05, 3.63) is 65.2 Å². The molecule has 0 radical (unpaired) electrons. The Labute approximate surface area is 160 Å². The van der Waals surface area contributed by atoms with Gasteiger partial charge in [-0.25, -0.2) is 4.39 Å². The molecular formula is C24H27FO2. The van der Waals surface area contributed by atoms with Crippen LogP contribution in [0.5, 0.6) is 5.75 Å². The number of aromatic hydroxyl groups is 1. The normalized spacial score (nSPS) is 40.1. The van der Waals surface area contributed by atoms with Crippen molar-refractivity contribution < 1.29 is 14.6 Å². The van der Waals surface area contributed by atoms with Gasteiger partial charge < -0.3 is 10.2 Å². The molecule has 2 aromatic carbocycles. The molecule has 7 atom stereocenters. The Morgan fingerprint density at radius 3 is 2.63 bits per heavy atom. The summed E-state index contributed by atoms with van der Waals surface area (Å²) in [5.41, 5.74) is 3.27. The van der Waals surface area contributed by atoms with Crippen molar-refractivity contribution in [2.75, 3.05) is 0 Å². The quantitative estimate of drug-likeness (QED) is 0.750. The van der Waals surface area contributed by atoms with E-state index in [-0.39, 0.29) is 35.0 Å². The molecule has 0 unspecified atom stereocenters. The van der Waals surface area contributed by atoms with E-state index in [0.717, 1.165) is 24.0 Å². The number of phenolic OH excluding ortho intramolecular Hbond substituents is 1. The molecule has 0 bridgehead atoms. The van der Waals surface area contributed by atoms with Crippen molar-refractivity contribution in [2.45, 2.75) is 56.7 Å². The topological polar surface area (TPSA) is 40.5 Å². The van der Waals surface area contributed by atoms with E-state index in [1.165, 1.54) is 5.56 Å². The van der Waals surface area contributed by atoms with Crippen LogP contribution in [0.4, 0.5) is 4.39 Å². The number of hydrogen-bond donors (Lipinski definition) is 2. The Morgan fingerprint density at radius 1 is 1.07 bits per heavy atom. The number of rotatable bonds is 1. The Morgan fingerprint density at radius 2 is 1.85 bits per heavy atom. The molecule has 0 amide bonds. The number of alkyl halides is 1. The minimum atomic E-state index is -0.906. The van der Waals surface area contributed by atoms with Crippen LogP contribution in [0.1, 0.15) is 54.7 Å². The molecule has 2 saturated carbocycles. The summed E-state index contributed by atoms with van der Waals surface area (Å²) in [4.78, 5) is 0. The molecule has 3 aliphatic rings. The molecule has 0 saturated heterocycles. The fourth-order valence-corrected chi connectivity index (χ4v) is 6.71. The highest BCUT2D eigenvalue weighted by Gasteiger charge is 2.58. The Hall–Kier alpha value is -1.87. The standard InChI is InChI=1S/C24H27FO2/c1-24-12-17(27)11-20(24)22-19(14-5-3-2-4-6-14)10-15-9-16(26)7-8-18(15)23(22)21(25)13-24/h2-9,17,19-23,26-27H,10-13H2,1H3/t17-,19+,20+,21-,22+,23+,24+/m1/s1. The molecule has 2 aromatic rings. The third kappa shape index (κ3) is 2.62. The average Bonchev–Trinajstić information content (AvgIpc) is 2.94. The van der Waals surface area contributed by atoms with Crippen LogP contribution >= 0.6 is 0 Å². The largest absolute Gasteiger partial charge is 0.508 e. The molecule has 3 heteroatoms. The molecule has 5 rings (SSSR count). The lowest BCUT2D eigenvalue weighted by Gasteiger charge is -2.53. The number of benzene rings is 2. The van der Waals surface area contributed by atoms with Gasteiger partial charge in [-0.05, 0) is 77.7 Å². The predicted molar refractivity (Wildman–Crippen MR) is 104 cm³/mol. The van der Waals surface area contributed by atoms with Gasteiger partial charge in [-0.2, -0.15) is 0 Å². The fourth-order valence-electron chi connectivity index (χ4n) is 6.71. The van der Waals surface area contributed by atoms with Gasteiger partial charge in [0.25, 0.3) is 0 Å². The molecule has 0 aromatic heterocycles. The van der Waals surface area contributed by atoms with Gasteiger partial charge in [-0.3, -0.25) is 0 Å². The summed E-state index contributed by atoms with van der Waals surface area (Å²) in [7, 11) is 0. The van der Waals surface area contributed by atoms with Crippen LogP contribution in [-0.2, 0) is 6.42 Å². The summed E-state index contributed by atoms with van der Waals surface area (Å²) < 4.78 is 15.7. The third-order valence-electron chi connectivity index (χ3n) is 7.67. The second-order valence-electron chi connectivity index (χ2n) is 9.28. The highest BCUT2D eigenvalue weighted by molar-refractivity contribution is 5.44. The number of aliphatic hydroxyl groups excluding tert-OH is 1.